The van der Waals surface area contributed by atoms with Crippen molar-refractivity contribution >= 4 is 46.5 Å². The van der Waals surface area contributed by atoms with E-state index in [1.807, 2.05) is 0 Å². The Labute approximate surface area is 133 Å². The van der Waals surface area contributed by atoms with E-state index in [1.165, 1.54) is 12.1 Å². The number of halogens is 3. The van der Waals surface area contributed by atoms with Crippen LogP contribution in [-0.2, 0) is 4.79 Å². The highest BCUT2D eigenvalue weighted by Gasteiger charge is 2.23. The summed E-state index contributed by atoms with van der Waals surface area (Å²) in [6, 6.07) is 2.44. The van der Waals surface area contributed by atoms with E-state index in [9.17, 15) is 9.59 Å². The molecule has 0 radical (unpaired) electrons. The van der Waals surface area contributed by atoms with Gasteiger partial charge in [-0.05, 0) is 38.0 Å². The average Bonchev–Trinajstić information content (AvgIpc) is 2.40. The summed E-state index contributed by atoms with van der Waals surface area (Å²) in [6.45, 7) is 5.15. The first kappa shape index (κ1) is 17.3. The van der Waals surface area contributed by atoms with Gasteiger partial charge in [-0.15, -0.1) is 11.6 Å². The van der Waals surface area contributed by atoms with Gasteiger partial charge in [0.25, 0.3) is 5.91 Å². The number of carbonyl (C=O) groups excluding carboxylic acids is 2. The molecule has 0 aliphatic rings. The predicted molar refractivity (Wildman–Crippen MR) is 83.1 cm³/mol. The van der Waals surface area contributed by atoms with E-state index in [-0.39, 0.29) is 5.78 Å². The Morgan fingerprint density at radius 1 is 1.25 bits per heavy atom. The number of hydrogen-bond donors (Lipinski definition) is 1. The molecule has 0 spiro atoms. The molecule has 1 aromatic rings. The standard InChI is InChI=1S/C14H16Cl3NO2/c1-4-12(13(19)8(3)15)18-14(20)9-5-10(16)7(2)11(17)6-9/h5-6,8,12H,4H2,1-3H3,(H,18,20). The van der Waals surface area contributed by atoms with Crippen LogP contribution in [0.25, 0.3) is 0 Å². The molecule has 2 unspecified atom stereocenters. The first-order valence-electron chi connectivity index (χ1n) is 6.22. The van der Waals surface area contributed by atoms with Crippen LogP contribution in [0.1, 0.15) is 36.2 Å². The second-order valence-electron chi connectivity index (χ2n) is 4.52. The summed E-state index contributed by atoms with van der Waals surface area (Å²) < 4.78 is 0. The van der Waals surface area contributed by atoms with Gasteiger partial charge in [0.05, 0.1) is 11.4 Å². The zero-order chi connectivity index (χ0) is 15.4. The number of Topliss-reactive ketones (excluding diaryl/α,β-unsaturated/α-hetero) is 1. The van der Waals surface area contributed by atoms with Crippen molar-refractivity contribution < 1.29 is 9.59 Å². The van der Waals surface area contributed by atoms with E-state index in [0.29, 0.717) is 27.6 Å². The van der Waals surface area contributed by atoms with Crippen molar-refractivity contribution in [2.45, 2.75) is 38.6 Å². The van der Waals surface area contributed by atoms with Gasteiger partial charge in [0, 0.05) is 15.6 Å². The Morgan fingerprint density at radius 2 is 1.75 bits per heavy atom. The van der Waals surface area contributed by atoms with Crippen molar-refractivity contribution in [1.29, 1.82) is 0 Å². The number of amides is 1. The summed E-state index contributed by atoms with van der Waals surface area (Å²) in [5.41, 5.74) is 1.03. The molecule has 20 heavy (non-hydrogen) atoms. The van der Waals surface area contributed by atoms with E-state index in [2.05, 4.69) is 5.32 Å². The molecule has 0 bridgehead atoms. The Kier molecular flexibility index (Phi) is 6.31. The lowest BCUT2D eigenvalue weighted by molar-refractivity contribution is -0.120. The largest absolute Gasteiger partial charge is 0.342 e. The van der Waals surface area contributed by atoms with Crippen LogP contribution in [0.4, 0.5) is 0 Å². The van der Waals surface area contributed by atoms with E-state index in [0.717, 1.165) is 0 Å². The molecule has 0 saturated heterocycles. The van der Waals surface area contributed by atoms with Crippen LogP contribution in [0.3, 0.4) is 0 Å². The van der Waals surface area contributed by atoms with E-state index in [4.69, 9.17) is 34.8 Å². The van der Waals surface area contributed by atoms with Crippen LogP contribution < -0.4 is 5.32 Å². The van der Waals surface area contributed by atoms with Crippen molar-refractivity contribution in [3.63, 3.8) is 0 Å². The van der Waals surface area contributed by atoms with E-state index >= 15 is 0 Å². The van der Waals surface area contributed by atoms with Crippen LogP contribution >= 0.6 is 34.8 Å². The molecule has 0 fully saturated rings. The molecule has 1 rings (SSSR count). The number of alkyl halides is 1. The number of rotatable bonds is 5. The lowest BCUT2D eigenvalue weighted by Gasteiger charge is -2.17. The SMILES string of the molecule is CCC(NC(=O)c1cc(Cl)c(C)c(Cl)c1)C(=O)C(C)Cl. The molecule has 0 heterocycles. The van der Waals surface area contributed by atoms with Crippen LogP contribution in [0.5, 0.6) is 0 Å². The zero-order valence-corrected chi connectivity index (χ0v) is 13.7. The van der Waals surface area contributed by atoms with Crippen molar-refractivity contribution in [1.82, 2.24) is 5.32 Å². The molecule has 3 nitrogen and oxygen atoms in total. The first-order chi connectivity index (χ1) is 9.27. The summed E-state index contributed by atoms with van der Waals surface area (Å²) in [5.74, 6) is -0.613. The molecule has 0 aliphatic carbocycles. The predicted octanol–water partition coefficient (Wildman–Crippen LogP) is 4.01. The maximum Gasteiger partial charge on any atom is 0.251 e. The smallest absolute Gasteiger partial charge is 0.251 e. The third-order valence-electron chi connectivity index (χ3n) is 2.99. The normalized spacial score (nSPS) is 13.7. The lowest BCUT2D eigenvalue weighted by Crippen LogP contribution is -2.43. The monoisotopic (exact) mass is 335 g/mol. The minimum atomic E-state index is -0.648. The van der Waals surface area contributed by atoms with Gasteiger partial charge in [0.15, 0.2) is 5.78 Å². The second-order valence-corrected chi connectivity index (χ2v) is 5.99. The molecule has 1 amide bonds. The number of carbonyl (C=O) groups is 2. The quantitative estimate of drug-likeness (QED) is 0.826. The molecule has 0 aliphatic heterocycles. The summed E-state index contributed by atoms with van der Waals surface area (Å²) >= 11 is 17.7. The van der Waals surface area contributed by atoms with Crippen molar-refractivity contribution in [3.05, 3.63) is 33.3 Å². The number of nitrogens with one attached hydrogen (secondary N) is 1. The Hall–Kier alpha value is -0.770. The molecule has 0 saturated carbocycles. The van der Waals surface area contributed by atoms with Crippen molar-refractivity contribution in [3.8, 4) is 0 Å². The molecule has 1 N–H and O–H groups in total. The van der Waals surface area contributed by atoms with Crippen molar-refractivity contribution in [2.24, 2.45) is 0 Å². The van der Waals surface area contributed by atoms with Crippen LogP contribution in [-0.4, -0.2) is 23.1 Å². The minimum absolute atomic E-state index is 0.216. The highest BCUT2D eigenvalue weighted by molar-refractivity contribution is 6.36. The van der Waals surface area contributed by atoms with E-state index in [1.54, 1.807) is 20.8 Å². The van der Waals surface area contributed by atoms with Crippen LogP contribution in [0, 0.1) is 6.92 Å². The highest BCUT2D eigenvalue weighted by atomic mass is 35.5. The summed E-state index contributed by atoms with van der Waals surface area (Å²) in [5, 5.41) is 2.82. The van der Waals surface area contributed by atoms with Gasteiger partial charge in [-0.3, -0.25) is 9.59 Å². The third-order valence-corrected chi connectivity index (χ3v) is 3.99. The Bertz CT molecular complexity index is 506. The molecule has 110 valence electrons. The van der Waals surface area contributed by atoms with Gasteiger partial charge in [0.2, 0.25) is 0 Å². The summed E-state index contributed by atoms with van der Waals surface area (Å²) in [4.78, 5) is 24.0. The third kappa shape index (κ3) is 4.11. The summed E-state index contributed by atoms with van der Waals surface area (Å²) in [7, 11) is 0. The van der Waals surface area contributed by atoms with Crippen LogP contribution in [0.15, 0.2) is 12.1 Å². The van der Waals surface area contributed by atoms with Gasteiger partial charge >= 0.3 is 0 Å². The first-order valence-corrected chi connectivity index (χ1v) is 7.41. The van der Waals surface area contributed by atoms with Gasteiger partial charge in [-0.1, -0.05) is 30.1 Å². The van der Waals surface area contributed by atoms with Gasteiger partial charge in [-0.25, -0.2) is 0 Å². The Morgan fingerprint density at radius 3 is 2.15 bits per heavy atom. The minimum Gasteiger partial charge on any atom is -0.342 e. The Balaban J connectivity index is 2.93. The van der Waals surface area contributed by atoms with Gasteiger partial charge < -0.3 is 5.32 Å². The van der Waals surface area contributed by atoms with Crippen LogP contribution in [0.2, 0.25) is 10.0 Å². The summed E-state index contributed by atoms with van der Waals surface area (Å²) in [6.07, 6.45) is 0.467. The highest BCUT2D eigenvalue weighted by Crippen LogP contribution is 2.25. The van der Waals surface area contributed by atoms with Gasteiger partial charge in [0.1, 0.15) is 0 Å². The zero-order valence-electron chi connectivity index (χ0n) is 11.5. The maximum atomic E-state index is 12.1. The fraction of sp³-hybridized carbons (Fsp3) is 0.429. The maximum absolute atomic E-state index is 12.1. The average molecular weight is 337 g/mol. The van der Waals surface area contributed by atoms with E-state index < -0.39 is 17.3 Å². The molecule has 0 aromatic heterocycles. The lowest BCUT2D eigenvalue weighted by atomic mass is 10.1. The molecule has 6 heteroatoms. The molecule has 1 aromatic carbocycles. The topological polar surface area (TPSA) is 46.2 Å². The number of ketones is 1. The molecule has 2 atom stereocenters. The fourth-order valence-corrected chi connectivity index (χ4v) is 2.31. The van der Waals surface area contributed by atoms with Gasteiger partial charge in [-0.2, -0.15) is 0 Å². The molecular formula is C14H16Cl3NO2. The molecular weight excluding hydrogens is 321 g/mol. The fourth-order valence-electron chi connectivity index (χ4n) is 1.67. The van der Waals surface area contributed by atoms with Crippen molar-refractivity contribution in [2.75, 3.05) is 0 Å². The number of hydrogen-bond acceptors (Lipinski definition) is 2. The second kappa shape index (κ2) is 7.30. The number of benzene rings is 1.